The van der Waals surface area contributed by atoms with Crippen molar-refractivity contribution >= 4 is 0 Å². The van der Waals surface area contributed by atoms with Crippen LogP contribution in [0.25, 0.3) is 11.3 Å². The quantitative estimate of drug-likeness (QED) is 0.849. The molecule has 0 spiro atoms. The van der Waals surface area contributed by atoms with E-state index in [9.17, 15) is 0 Å². The van der Waals surface area contributed by atoms with Gasteiger partial charge in [-0.25, -0.2) is 0 Å². The highest BCUT2D eigenvalue weighted by Gasteiger charge is 2.08. The molecule has 2 rings (SSSR count). The maximum Gasteiger partial charge on any atom is 0.118 e. The van der Waals surface area contributed by atoms with Crippen LogP contribution in [0, 0.1) is 0 Å². The van der Waals surface area contributed by atoms with Gasteiger partial charge in [-0.15, -0.1) is 0 Å². The number of ether oxygens (including phenoxy) is 1. The van der Waals surface area contributed by atoms with Crippen LogP contribution in [0.15, 0.2) is 30.3 Å². The second kappa shape index (κ2) is 5.01. The SMILES string of the molecule is CNC(C)c1cc(-c2ccc(OC)cc2)n[nH]1. The number of hydrogen-bond acceptors (Lipinski definition) is 3. The van der Waals surface area contributed by atoms with Crippen LogP contribution >= 0.6 is 0 Å². The number of H-pyrrole nitrogens is 1. The van der Waals surface area contributed by atoms with Gasteiger partial charge in [0, 0.05) is 11.6 Å². The van der Waals surface area contributed by atoms with E-state index in [4.69, 9.17) is 4.74 Å². The lowest BCUT2D eigenvalue weighted by Gasteiger charge is -2.05. The molecule has 1 unspecified atom stereocenters. The third kappa shape index (κ3) is 2.47. The average molecular weight is 231 g/mol. The zero-order chi connectivity index (χ0) is 12.3. The molecule has 0 aliphatic rings. The number of rotatable bonds is 4. The Kier molecular flexibility index (Phi) is 3.44. The van der Waals surface area contributed by atoms with Gasteiger partial charge in [0.25, 0.3) is 0 Å². The number of aromatic nitrogens is 2. The molecule has 0 saturated carbocycles. The van der Waals surface area contributed by atoms with Crippen molar-refractivity contribution in [2.24, 2.45) is 0 Å². The standard InChI is InChI=1S/C13H17N3O/c1-9(14-2)12-8-13(16-15-12)10-4-6-11(17-3)7-5-10/h4-9,14H,1-3H3,(H,15,16). The van der Waals surface area contributed by atoms with E-state index in [-0.39, 0.29) is 6.04 Å². The van der Waals surface area contributed by atoms with Gasteiger partial charge in [0.2, 0.25) is 0 Å². The van der Waals surface area contributed by atoms with E-state index in [1.807, 2.05) is 31.3 Å². The van der Waals surface area contributed by atoms with Crippen LogP contribution in [0.5, 0.6) is 5.75 Å². The minimum atomic E-state index is 0.273. The smallest absolute Gasteiger partial charge is 0.118 e. The largest absolute Gasteiger partial charge is 0.497 e. The molecule has 4 heteroatoms. The van der Waals surface area contributed by atoms with Crippen molar-refractivity contribution < 1.29 is 4.74 Å². The number of benzene rings is 1. The van der Waals surface area contributed by atoms with Gasteiger partial charge in [0.15, 0.2) is 0 Å². The van der Waals surface area contributed by atoms with E-state index in [0.717, 1.165) is 22.7 Å². The highest BCUT2D eigenvalue weighted by molar-refractivity contribution is 5.60. The van der Waals surface area contributed by atoms with Gasteiger partial charge in [-0.2, -0.15) is 5.10 Å². The summed E-state index contributed by atoms with van der Waals surface area (Å²) in [5, 5.41) is 10.5. The highest BCUT2D eigenvalue weighted by atomic mass is 16.5. The van der Waals surface area contributed by atoms with Crippen LogP contribution in [0.4, 0.5) is 0 Å². The van der Waals surface area contributed by atoms with Crippen LogP contribution in [0.1, 0.15) is 18.7 Å². The van der Waals surface area contributed by atoms with Gasteiger partial charge in [0.05, 0.1) is 18.5 Å². The summed E-state index contributed by atoms with van der Waals surface area (Å²) in [6, 6.07) is 10.2. The molecule has 90 valence electrons. The summed E-state index contributed by atoms with van der Waals surface area (Å²) in [7, 11) is 3.59. The monoisotopic (exact) mass is 231 g/mol. The Morgan fingerprint density at radius 2 is 2.00 bits per heavy atom. The van der Waals surface area contributed by atoms with Crippen LogP contribution < -0.4 is 10.1 Å². The second-order valence-corrected chi connectivity index (χ2v) is 3.95. The summed E-state index contributed by atoms with van der Waals surface area (Å²) in [4.78, 5) is 0. The summed E-state index contributed by atoms with van der Waals surface area (Å²) in [5.74, 6) is 0.855. The van der Waals surface area contributed by atoms with Crippen molar-refractivity contribution in [1.82, 2.24) is 15.5 Å². The maximum absolute atomic E-state index is 5.13. The van der Waals surface area contributed by atoms with Gasteiger partial charge in [-0.05, 0) is 44.3 Å². The number of hydrogen-bond donors (Lipinski definition) is 2. The van der Waals surface area contributed by atoms with E-state index in [2.05, 4.69) is 28.5 Å². The van der Waals surface area contributed by atoms with Crippen LogP contribution in [0.3, 0.4) is 0 Å². The Hall–Kier alpha value is -1.81. The molecule has 1 heterocycles. The fourth-order valence-electron chi connectivity index (χ4n) is 1.62. The van der Waals surface area contributed by atoms with Gasteiger partial charge in [-0.1, -0.05) is 0 Å². The molecule has 0 fully saturated rings. The lowest BCUT2D eigenvalue weighted by atomic mass is 10.1. The predicted octanol–water partition coefficient (Wildman–Crippen LogP) is 2.37. The van der Waals surface area contributed by atoms with Crippen molar-refractivity contribution in [2.45, 2.75) is 13.0 Å². The average Bonchev–Trinajstić information content (AvgIpc) is 2.87. The second-order valence-electron chi connectivity index (χ2n) is 3.95. The van der Waals surface area contributed by atoms with E-state index >= 15 is 0 Å². The normalized spacial score (nSPS) is 12.4. The number of aromatic amines is 1. The molecule has 17 heavy (non-hydrogen) atoms. The van der Waals surface area contributed by atoms with Crippen molar-refractivity contribution in [3.8, 4) is 17.0 Å². The molecule has 1 aromatic heterocycles. The highest BCUT2D eigenvalue weighted by Crippen LogP contribution is 2.22. The van der Waals surface area contributed by atoms with Crippen LogP contribution in [-0.2, 0) is 0 Å². The fourth-order valence-corrected chi connectivity index (χ4v) is 1.62. The van der Waals surface area contributed by atoms with Gasteiger partial charge >= 0.3 is 0 Å². The Balaban J connectivity index is 2.24. The Morgan fingerprint density at radius 1 is 1.29 bits per heavy atom. The molecule has 1 atom stereocenters. The van der Waals surface area contributed by atoms with Crippen molar-refractivity contribution in [2.75, 3.05) is 14.2 Å². The summed E-state index contributed by atoms with van der Waals surface area (Å²) in [6.07, 6.45) is 0. The lowest BCUT2D eigenvalue weighted by molar-refractivity contribution is 0.415. The van der Waals surface area contributed by atoms with Crippen molar-refractivity contribution in [3.05, 3.63) is 36.0 Å². The lowest BCUT2D eigenvalue weighted by Crippen LogP contribution is -2.12. The Bertz CT molecular complexity index is 476. The molecular weight excluding hydrogens is 214 g/mol. The molecule has 0 saturated heterocycles. The van der Waals surface area contributed by atoms with Crippen LogP contribution in [-0.4, -0.2) is 24.4 Å². The Labute approximate surface area is 101 Å². The first-order valence-electron chi connectivity index (χ1n) is 5.61. The van der Waals surface area contributed by atoms with Crippen molar-refractivity contribution in [1.29, 1.82) is 0 Å². The van der Waals surface area contributed by atoms with Gasteiger partial charge in [0.1, 0.15) is 5.75 Å². The minimum Gasteiger partial charge on any atom is -0.497 e. The third-order valence-electron chi connectivity index (χ3n) is 2.88. The molecule has 2 aromatic rings. The molecular formula is C13H17N3O. The Morgan fingerprint density at radius 3 is 2.59 bits per heavy atom. The number of methoxy groups -OCH3 is 1. The molecule has 0 radical (unpaired) electrons. The minimum absolute atomic E-state index is 0.273. The predicted molar refractivity (Wildman–Crippen MR) is 68.1 cm³/mol. The fraction of sp³-hybridized carbons (Fsp3) is 0.308. The first-order valence-corrected chi connectivity index (χ1v) is 5.61. The molecule has 0 bridgehead atoms. The summed E-state index contributed by atoms with van der Waals surface area (Å²) >= 11 is 0. The maximum atomic E-state index is 5.13. The summed E-state index contributed by atoms with van der Waals surface area (Å²) in [5.41, 5.74) is 3.11. The zero-order valence-electron chi connectivity index (χ0n) is 10.3. The molecule has 2 N–H and O–H groups in total. The van der Waals surface area contributed by atoms with E-state index in [1.54, 1.807) is 7.11 Å². The topological polar surface area (TPSA) is 49.9 Å². The van der Waals surface area contributed by atoms with Gasteiger partial charge in [-0.3, -0.25) is 5.10 Å². The first-order chi connectivity index (χ1) is 8.24. The third-order valence-corrected chi connectivity index (χ3v) is 2.88. The molecule has 0 aliphatic heterocycles. The zero-order valence-corrected chi connectivity index (χ0v) is 10.3. The molecule has 0 amide bonds. The summed E-state index contributed by atoms with van der Waals surface area (Å²) < 4.78 is 5.13. The van der Waals surface area contributed by atoms with E-state index in [1.165, 1.54) is 0 Å². The van der Waals surface area contributed by atoms with Crippen molar-refractivity contribution in [3.63, 3.8) is 0 Å². The van der Waals surface area contributed by atoms with E-state index in [0.29, 0.717) is 0 Å². The molecule has 4 nitrogen and oxygen atoms in total. The van der Waals surface area contributed by atoms with E-state index < -0.39 is 0 Å². The number of nitrogens with one attached hydrogen (secondary N) is 2. The van der Waals surface area contributed by atoms with Gasteiger partial charge < -0.3 is 10.1 Å². The first kappa shape index (κ1) is 11.7. The summed E-state index contributed by atoms with van der Waals surface area (Å²) in [6.45, 7) is 2.09. The molecule has 1 aromatic carbocycles. The van der Waals surface area contributed by atoms with Crippen LogP contribution in [0.2, 0.25) is 0 Å². The molecule has 0 aliphatic carbocycles. The number of nitrogens with zero attached hydrogens (tertiary/aromatic N) is 1.